The summed E-state index contributed by atoms with van der Waals surface area (Å²) < 4.78 is 5.25. The molecule has 1 N–H and O–H groups in total. The monoisotopic (exact) mass is 268 g/mol. The largest absolute Gasteiger partial charge is 0.497 e. The van der Waals surface area contributed by atoms with Gasteiger partial charge in [0, 0.05) is 31.6 Å². The van der Waals surface area contributed by atoms with Crippen molar-refractivity contribution in [3.8, 4) is 5.75 Å². The van der Waals surface area contributed by atoms with Crippen molar-refractivity contribution in [1.82, 2.24) is 10.2 Å². The van der Waals surface area contributed by atoms with Crippen molar-refractivity contribution in [2.45, 2.75) is 12.0 Å². The van der Waals surface area contributed by atoms with Crippen LogP contribution in [0.2, 0.25) is 0 Å². The van der Waals surface area contributed by atoms with Crippen LogP contribution in [0.3, 0.4) is 0 Å². The minimum absolute atomic E-state index is 0. The highest BCUT2D eigenvalue weighted by molar-refractivity contribution is 5.97. The lowest BCUT2D eigenvalue weighted by Gasteiger charge is -2.35. The first-order valence-corrected chi connectivity index (χ1v) is 5.88. The van der Waals surface area contributed by atoms with Gasteiger partial charge in [0.1, 0.15) is 5.75 Å². The van der Waals surface area contributed by atoms with Gasteiger partial charge in [0.15, 0.2) is 0 Å². The van der Waals surface area contributed by atoms with E-state index in [4.69, 9.17) is 4.74 Å². The molecule has 0 saturated carbocycles. The van der Waals surface area contributed by atoms with E-state index in [1.165, 1.54) is 0 Å². The lowest BCUT2D eigenvalue weighted by molar-refractivity contribution is 0.0706. The van der Waals surface area contributed by atoms with E-state index in [9.17, 15) is 4.79 Å². The number of nitrogens with zero attached hydrogens (tertiary/aromatic N) is 1. The Morgan fingerprint density at radius 3 is 2.89 bits per heavy atom. The van der Waals surface area contributed by atoms with Crippen LogP contribution in [-0.2, 0) is 0 Å². The normalized spacial score (nSPS) is 25.2. The molecule has 5 heteroatoms. The van der Waals surface area contributed by atoms with Crippen LogP contribution in [0.4, 0.5) is 0 Å². The van der Waals surface area contributed by atoms with Gasteiger partial charge in [-0.2, -0.15) is 0 Å². The molecule has 0 aliphatic carbocycles. The molecule has 1 fully saturated rings. The van der Waals surface area contributed by atoms with Crippen molar-refractivity contribution in [2.24, 2.45) is 0 Å². The highest BCUT2D eigenvalue weighted by Crippen LogP contribution is 2.36. The van der Waals surface area contributed by atoms with Gasteiger partial charge in [0.25, 0.3) is 5.91 Å². The fraction of sp³-hybridized carbons (Fsp3) is 0.462. The second kappa shape index (κ2) is 4.78. The van der Waals surface area contributed by atoms with Crippen molar-refractivity contribution in [3.05, 3.63) is 29.3 Å². The zero-order valence-electron chi connectivity index (χ0n) is 10.5. The predicted octanol–water partition coefficient (Wildman–Crippen LogP) is 1.26. The number of carbonyl (C=O) groups is 1. The molecule has 2 aliphatic rings. The quantitative estimate of drug-likeness (QED) is 0.834. The number of likely N-dealkylation sites (N-methyl/N-ethyl adjacent to an activating group) is 1. The second-order valence-electron chi connectivity index (χ2n) is 4.70. The number of benzene rings is 1. The third kappa shape index (κ3) is 1.76. The fourth-order valence-electron chi connectivity index (χ4n) is 2.90. The number of halogens is 1. The highest BCUT2D eigenvalue weighted by atomic mass is 35.5. The molecule has 0 bridgehead atoms. The highest BCUT2D eigenvalue weighted by Gasteiger charge is 2.40. The Morgan fingerprint density at radius 2 is 2.17 bits per heavy atom. The Morgan fingerprint density at radius 1 is 1.39 bits per heavy atom. The zero-order valence-corrected chi connectivity index (χ0v) is 11.3. The Hall–Kier alpha value is -1.26. The van der Waals surface area contributed by atoms with Crippen molar-refractivity contribution in [3.63, 3.8) is 0 Å². The Labute approximate surface area is 113 Å². The van der Waals surface area contributed by atoms with Crippen LogP contribution < -0.4 is 10.1 Å². The number of rotatable bonds is 1. The molecule has 0 spiro atoms. The number of carbonyl (C=O) groups excluding carboxylic acids is 1. The molecule has 2 heterocycles. The average Bonchev–Trinajstić information content (AvgIpc) is 2.84. The van der Waals surface area contributed by atoms with Gasteiger partial charge < -0.3 is 15.0 Å². The van der Waals surface area contributed by atoms with E-state index in [-0.39, 0.29) is 24.4 Å². The Kier molecular flexibility index (Phi) is 3.50. The number of nitrogens with one attached hydrogen (secondary N) is 1. The molecule has 0 aromatic heterocycles. The predicted molar refractivity (Wildman–Crippen MR) is 71.7 cm³/mol. The summed E-state index contributed by atoms with van der Waals surface area (Å²) >= 11 is 0. The lowest BCUT2D eigenvalue weighted by atomic mass is 9.85. The molecule has 1 amide bonds. The lowest BCUT2D eigenvalue weighted by Crippen LogP contribution is -2.45. The van der Waals surface area contributed by atoms with Crippen LogP contribution in [0, 0.1) is 0 Å². The van der Waals surface area contributed by atoms with E-state index in [1.807, 2.05) is 30.1 Å². The van der Waals surface area contributed by atoms with E-state index in [0.29, 0.717) is 5.92 Å². The summed E-state index contributed by atoms with van der Waals surface area (Å²) in [6.07, 6.45) is 0. The van der Waals surface area contributed by atoms with Gasteiger partial charge in [-0.1, -0.05) is 0 Å². The van der Waals surface area contributed by atoms with Gasteiger partial charge in [-0.3, -0.25) is 4.79 Å². The number of amides is 1. The first-order valence-electron chi connectivity index (χ1n) is 5.88. The standard InChI is InChI=1S/C13H16N2O2.ClH/c1-15-12-7-14-6-11(12)10-5-8(17-2)3-4-9(10)13(15)16;/h3-5,11-12,14H,6-7H2,1-2H3;1H/t11-,12+;/m1./s1. The molecular weight excluding hydrogens is 252 g/mol. The minimum Gasteiger partial charge on any atom is -0.497 e. The van der Waals surface area contributed by atoms with E-state index >= 15 is 0 Å². The molecule has 0 unspecified atom stereocenters. The van der Waals surface area contributed by atoms with Gasteiger partial charge in [-0.25, -0.2) is 0 Å². The van der Waals surface area contributed by atoms with Gasteiger partial charge in [-0.15, -0.1) is 12.4 Å². The van der Waals surface area contributed by atoms with Crippen LogP contribution in [0.5, 0.6) is 5.75 Å². The molecule has 98 valence electrons. The molecule has 4 nitrogen and oxygen atoms in total. The summed E-state index contributed by atoms with van der Waals surface area (Å²) in [6.45, 7) is 1.81. The van der Waals surface area contributed by atoms with E-state index < -0.39 is 0 Å². The molecular formula is C13H17ClN2O2. The molecule has 1 aromatic rings. The smallest absolute Gasteiger partial charge is 0.254 e. The van der Waals surface area contributed by atoms with Crippen molar-refractivity contribution < 1.29 is 9.53 Å². The molecule has 0 radical (unpaired) electrons. The van der Waals surface area contributed by atoms with E-state index in [2.05, 4.69) is 5.32 Å². The third-order valence-corrected chi connectivity index (χ3v) is 3.89. The number of methoxy groups -OCH3 is 1. The first kappa shape index (κ1) is 13.2. The average molecular weight is 269 g/mol. The summed E-state index contributed by atoms with van der Waals surface area (Å²) in [4.78, 5) is 14.1. The van der Waals surface area contributed by atoms with Crippen molar-refractivity contribution in [1.29, 1.82) is 0 Å². The molecule has 2 atom stereocenters. The van der Waals surface area contributed by atoms with Crippen molar-refractivity contribution >= 4 is 18.3 Å². The fourth-order valence-corrected chi connectivity index (χ4v) is 2.90. The van der Waals surface area contributed by atoms with E-state index in [0.717, 1.165) is 30.0 Å². The van der Waals surface area contributed by atoms with Crippen LogP contribution in [-0.4, -0.2) is 44.1 Å². The van der Waals surface area contributed by atoms with Crippen LogP contribution >= 0.6 is 12.4 Å². The number of hydrogen-bond acceptors (Lipinski definition) is 3. The van der Waals surface area contributed by atoms with Gasteiger partial charge >= 0.3 is 0 Å². The maximum atomic E-state index is 12.2. The number of ether oxygens (including phenoxy) is 1. The van der Waals surface area contributed by atoms with E-state index in [1.54, 1.807) is 7.11 Å². The zero-order chi connectivity index (χ0) is 12.0. The van der Waals surface area contributed by atoms with Gasteiger partial charge in [0.05, 0.1) is 13.2 Å². The van der Waals surface area contributed by atoms with Crippen molar-refractivity contribution in [2.75, 3.05) is 27.2 Å². The number of fused-ring (bicyclic) bond motifs is 3. The van der Waals surface area contributed by atoms with Crippen LogP contribution in [0.1, 0.15) is 21.8 Å². The first-order chi connectivity index (χ1) is 8.22. The SMILES string of the molecule is COc1ccc2c(c1)[C@H]1CNC[C@@H]1N(C)C2=O.Cl. The summed E-state index contributed by atoms with van der Waals surface area (Å²) in [7, 11) is 3.54. The minimum atomic E-state index is 0. The summed E-state index contributed by atoms with van der Waals surface area (Å²) in [5.41, 5.74) is 1.95. The molecule has 3 rings (SSSR count). The maximum absolute atomic E-state index is 12.2. The molecule has 1 saturated heterocycles. The second-order valence-corrected chi connectivity index (χ2v) is 4.70. The molecule has 18 heavy (non-hydrogen) atoms. The number of hydrogen-bond donors (Lipinski definition) is 1. The maximum Gasteiger partial charge on any atom is 0.254 e. The van der Waals surface area contributed by atoms with Gasteiger partial charge in [0.2, 0.25) is 0 Å². The third-order valence-electron chi connectivity index (χ3n) is 3.89. The summed E-state index contributed by atoms with van der Waals surface area (Å²) in [6, 6.07) is 6.02. The van der Waals surface area contributed by atoms with Crippen LogP contribution in [0.15, 0.2) is 18.2 Å². The molecule has 2 aliphatic heterocycles. The summed E-state index contributed by atoms with van der Waals surface area (Å²) in [5, 5.41) is 3.36. The topological polar surface area (TPSA) is 41.6 Å². The van der Waals surface area contributed by atoms with Crippen LogP contribution in [0.25, 0.3) is 0 Å². The molecule has 1 aromatic carbocycles. The van der Waals surface area contributed by atoms with Gasteiger partial charge in [-0.05, 0) is 23.8 Å². The Bertz CT molecular complexity index is 478. The Balaban J connectivity index is 0.00000120. The summed E-state index contributed by atoms with van der Waals surface area (Å²) in [5.74, 6) is 1.34.